The summed E-state index contributed by atoms with van der Waals surface area (Å²) in [6.07, 6.45) is 9.89. The van der Waals surface area contributed by atoms with Crippen LogP contribution in [0.2, 0.25) is 0 Å². The van der Waals surface area contributed by atoms with Crippen LogP contribution in [0.5, 0.6) is 0 Å². The van der Waals surface area contributed by atoms with Gasteiger partial charge >= 0.3 is 0 Å². The Morgan fingerprint density at radius 2 is 2.25 bits per heavy atom. The topological polar surface area (TPSA) is 73.9 Å². The van der Waals surface area contributed by atoms with Crippen molar-refractivity contribution >= 4 is 0 Å². The van der Waals surface area contributed by atoms with E-state index in [4.69, 9.17) is 9.15 Å². The van der Waals surface area contributed by atoms with E-state index in [1.807, 2.05) is 0 Å². The van der Waals surface area contributed by atoms with E-state index >= 15 is 0 Å². The lowest BCUT2D eigenvalue weighted by molar-refractivity contribution is -0.00444. The van der Waals surface area contributed by atoms with Gasteiger partial charge in [0.2, 0.25) is 5.89 Å². The Balaban J connectivity index is 1.58. The van der Waals surface area contributed by atoms with E-state index in [1.165, 1.54) is 12.8 Å². The molecule has 106 valence electrons. The normalized spacial score (nSPS) is 22.9. The van der Waals surface area contributed by atoms with E-state index in [0.717, 1.165) is 18.8 Å². The van der Waals surface area contributed by atoms with Gasteiger partial charge in [-0.25, -0.2) is 4.98 Å². The van der Waals surface area contributed by atoms with Gasteiger partial charge in [0.05, 0.1) is 12.3 Å². The van der Waals surface area contributed by atoms with E-state index in [1.54, 1.807) is 18.6 Å². The van der Waals surface area contributed by atoms with Crippen LogP contribution < -0.4 is 0 Å². The molecular formula is C14H18N4O2. The van der Waals surface area contributed by atoms with Gasteiger partial charge in [0.25, 0.3) is 5.89 Å². The number of aromatic nitrogens is 4. The average Bonchev–Trinajstić information content (AvgIpc) is 2.95. The van der Waals surface area contributed by atoms with Crippen molar-refractivity contribution in [2.24, 2.45) is 5.92 Å². The van der Waals surface area contributed by atoms with Crippen LogP contribution in [-0.2, 0) is 11.3 Å². The van der Waals surface area contributed by atoms with Gasteiger partial charge in [0.15, 0.2) is 0 Å². The zero-order valence-electron chi connectivity index (χ0n) is 11.5. The standard InChI is InChI=1S/C14H18N4O2/c1-10-3-2-4-11(7-10)19-9-13-17-18-14(20-13)12-8-15-5-6-16-12/h5-6,8,10-11H,2-4,7,9H2,1H3/t10-,11-/m0/s1. The minimum Gasteiger partial charge on any atom is -0.417 e. The molecule has 0 spiro atoms. The zero-order chi connectivity index (χ0) is 13.8. The van der Waals surface area contributed by atoms with E-state index < -0.39 is 0 Å². The van der Waals surface area contributed by atoms with Crippen molar-refractivity contribution in [1.82, 2.24) is 20.2 Å². The summed E-state index contributed by atoms with van der Waals surface area (Å²) in [6.45, 7) is 2.64. The first kappa shape index (κ1) is 13.2. The van der Waals surface area contributed by atoms with Crippen LogP contribution in [0.15, 0.2) is 23.0 Å². The van der Waals surface area contributed by atoms with Crippen LogP contribution >= 0.6 is 0 Å². The monoisotopic (exact) mass is 274 g/mol. The van der Waals surface area contributed by atoms with Gasteiger partial charge in [-0.05, 0) is 18.8 Å². The van der Waals surface area contributed by atoms with Crippen molar-refractivity contribution in [1.29, 1.82) is 0 Å². The van der Waals surface area contributed by atoms with Gasteiger partial charge in [-0.3, -0.25) is 4.98 Å². The molecule has 0 unspecified atom stereocenters. The number of hydrogen-bond acceptors (Lipinski definition) is 6. The third-order valence-electron chi connectivity index (χ3n) is 3.58. The largest absolute Gasteiger partial charge is 0.417 e. The maximum Gasteiger partial charge on any atom is 0.267 e. The minimum atomic E-state index is 0.311. The molecule has 2 heterocycles. The molecule has 0 amide bonds. The third-order valence-corrected chi connectivity index (χ3v) is 3.58. The van der Waals surface area contributed by atoms with E-state index in [0.29, 0.717) is 30.2 Å². The van der Waals surface area contributed by atoms with Gasteiger partial charge in [-0.1, -0.05) is 19.8 Å². The summed E-state index contributed by atoms with van der Waals surface area (Å²) in [5.74, 6) is 1.61. The molecule has 2 aromatic rings. The summed E-state index contributed by atoms with van der Waals surface area (Å²) in [6, 6.07) is 0. The molecule has 1 aliphatic carbocycles. The van der Waals surface area contributed by atoms with Crippen molar-refractivity contribution in [3.05, 3.63) is 24.5 Å². The van der Waals surface area contributed by atoms with Crippen molar-refractivity contribution in [2.75, 3.05) is 0 Å². The SMILES string of the molecule is C[C@H]1CCC[C@H](OCc2nnc(-c3cnccn3)o2)C1. The van der Waals surface area contributed by atoms with Crippen LogP contribution in [0.4, 0.5) is 0 Å². The number of nitrogens with zero attached hydrogens (tertiary/aromatic N) is 4. The Morgan fingerprint density at radius 3 is 3.05 bits per heavy atom. The molecule has 0 saturated heterocycles. The van der Waals surface area contributed by atoms with E-state index in [9.17, 15) is 0 Å². The molecule has 2 aromatic heterocycles. The number of hydrogen-bond donors (Lipinski definition) is 0. The summed E-state index contributed by atoms with van der Waals surface area (Å²) in [5.41, 5.74) is 0.581. The summed E-state index contributed by atoms with van der Waals surface area (Å²) in [4.78, 5) is 8.10. The molecule has 0 bridgehead atoms. The van der Waals surface area contributed by atoms with Crippen LogP contribution in [0.3, 0.4) is 0 Å². The fraction of sp³-hybridized carbons (Fsp3) is 0.571. The van der Waals surface area contributed by atoms with Crippen LogP contribution in [0.25, 0.3) is 11.6 Å². The lowest BCUT2D eigenvalue weighted by atomic mass is 9.89. The van der Waals surface area contributed by atoms with E-state index in [-0.39, 0.29) is 0 Å². The highest BCUT2D eigenvalue weighted by Crippen LogP contribution is 2.26. The Bertz CT molecular complexity index is 543. The van der Waals surface area contributed by atoms with Gasteiger partial charge in [-0.15, -0.1) is 10.2 Å². The second-order valence-electron chi connectivity index (χ2n) is 5.30. The molecule has 0 aromatic carbocycles. The second kappa shape index (κ2) is 6.09. The Kier molecular flexibility index (Phi) is 4.01. The Hall–Kier alpha value is -1.82. The maximum atomic E-state index is 5.86. The minimum absolute atomic E-state index is 0.311. The highest BCUT2D eigenvalue weighted by atomic mass is 16.5. The molecule has 0 radical (unpaired) electrons. The summed E-state index contributed by atoms with van der Waals surface area (Å²) < 4.78 is 11.4. The van der Waals surface area contributed by atoms with Gasteiger partial charge in [0.1, 0.15) is 12.3 Å². The Labute approximate surface area is 117 Å². The maximum absolute atomic E-state index is 5.86. The Morgan fingerprint density at radius 1 is 1.30 bits per heavy atom. The molecule has 20 heavy (non-hydrogen) atoms. The highest BCUT2D eigenvalue weighted by molar-refractivity contribution is 5.42. The quantitative estimate of drug-likeness (QED) is 0.853. The molecule has 3 rings (SSSR count). The van der Waals surface area contributed by atoms with Crippen molar-refractivity contribution in [2.45, 2.75) is 45.3 Å². The second-order valence-corrected chi connectivity index (χ2v) is 5.30. The summed E-state index contributed by atoms with van der Waals surface area (Å²) in [7, 11) is 0. The van der Waals surface area contributed by atoms with Crippen molar-refractivity contribution < 1.29 is 9.15 Å². The average molecular weight is 274 g/mol. The van der Waals surface area contributed by atoms with Crippen LogP contribution in [-0.4, -0.2) is 26.3 Å². The lowest BCUT2D eigenvalue weighted by Gasteiger charge is -2.26. The van der Waals surface area contributed by atoms with Gasteiger partial charge in [0, 0.05) is 12.4 Å². The molecule has 1 aliphatic rings. The smallest absolute Gasteiger partial charge is 0.267 e. The molecule has 0 N–H and O–H groups in total. The van der Waals surface area contributed by atoms with Gasteiger partial charge in [-0.2, -0.15) is 0 Å². The lowest BCUT2D eigenvalue weighted by Crippen LogP contribution is -2.21. The van der Waals surface area contributed by atoms with Crippen molar-refractivity contribution in [3.8, 4) is 11.6 Å². The number of ether oxygens (including phenoxy) is 1. The highest BCUT2D eigenvalue weighted by Gasteiger charge is 2.20. The molecule has 6 nitrogen and oxygen atoms in total. The van der Waals surface area contributed by atoms with Gasteiger partial charge < -0.3 is 9.15 Å². The predicted octanol–water partition coefficient (Wildman–Crippen LogP) is 2.62. The van der Waals surface area contributed by atoms with Crippen molar-refractivity contribution in [3.63, 3.8) is 0 Å². The predicted molar refractivity (Wildman–Crippen MR) is 71.5 cm³/mol. The molecule has 2 atom stereocenters. The van der Waals surface area contributed by atoms with Crippen LogP contribution in [0.1, 0.15) is 38.5 Å². The molecule has 0 aliphatic heterocycles. The first-order valence-corrected chi connectivity index (χ1v) is 7.01. The first-order chi connectivity index (χ1) is 9.81. The number of rotatable bonds is 4. The molecule has 6 heteroatoms. The third kappa shape index (κ3) is 3.19. The fourth-order valence-corrected chi connectivity index (χ4v) is 2.54. The molecule has 1 saturated carbocycles. The first-order valence-electron chi connectivity index (χ1n) is 7.01. The van der Waals surface area contributed by atoms with Crippen LogP contribution in [0, 0.1) is 5.92 Å². The van der Waals surface area contributed by atoms with E-state index in [2.05, 4.69) is 27.1 Å². The summed E-state index contributed by atoms with van der Waals surface area (Å²) >= 11 is 0. The molecular weight excluding hydrogens is 256 g/mol. The zero-order valence-corrected chi connectivity index (χ0v) is 11.5. The molecule has 1 fully saturated rings. The summed E-state index contributed by atoms with van der Waals surface area (Å²) in [5, 5.41) is 7.95. The fourth-order valence-electron chi connectivity index (χ4n) is 2.54.